The summed E-state index contributed by atoms with van der Waals surface area (Å²) in [5, 5.41) is 2.91. The largest absolute Gasteiger partial charge is 0.337 e. The van der Waals surface area contributed by atoms with E-state index >= 15 is 0 Å². The first-order valence-corrected chi connectivity index (χ1v) is 7.28. The number of urea groups is 1. The second-order valence-electron chi connectivity index (χ2n) is 5.50. The highest BCUT2D eigenvalue weighted by Gasteiger charge is 2.30. The summed E-state index contributed by atoms with van der Waals surface area (Å²) < 4.78 is 2.01. The van der Waals surface area contributed by atoms with E-state index in [4.69, 9.17) is 0 Å². The number of pyridine rings is 1. The Hall–Kier alpha value is -2.41. The minimum atomic E-state index is -0.0847. The number of hydrogen-bond donors (Lipinski definition) is 1. The van der Waals surface area contributed by atoms with Crippen LogP contribution in [0.1, 0.15) is 11.9 Å². The van der Waals surface area contributed by atoms with Gasteiger partial charge in [0.2, 0.25) is 0 Å². The zero-order valence-corrected chi connectivity index (χ0v) is 12.8. The van der Waals surface area contributed by atoms with Gasteiger partial charge >= 0.3 is 6.03 Å². The van der Waals surface area contributed by atoms with Crippen LogP contribution in [-0.2, 0) is 7.05 Å². The maximum atomic E-state index is 12.4. The van der Waals surface area contributed by atoms with Gasteiger partial charge in [0.15, 0.2) is 0 Å². The normalized spacial score (nSPS) is 19.2. The number of nitrogens with one attached hydrogen (secondary N) is 1. The van der Waals surface area contributed by atoms with E-state index in [-0.39, 0.29) is 12.1 Å². The highest BCUT2D eigenvalue weighted by molar-refractivity contribution is 5.89. The third-order valence-electron chi connectivity index (χ3n) is 4.02. The summed E-state index contributed by atoms with van der Waals surface area (Å²) in [7, 11) is 4.05. The zero-order valence-electron chi connectivity index (χ0n) is 12.8. The van der Waals surface area contributed by atoms with Crippen molar-refractivity contribution >= 4 is 11.7 Å². The van der Waals surface area contributed by atoms with E-state index in [0.29, 0.717) is 13.1 Å². The Labute approximate surface area is 129 Å². The summed E-state index contributed by atoms with van der Waals surface area (Å²) in [6.45, 7) is 2.15. The topological polar surface area (TPSA) is 66.3 Å². The minimum absolute atomic E-state index is 0.0847. The third kappa shape index (κ3) is 2.94. The molecular formula is C15H20N6O. The van der Waals surface area contributed by atoms with Gasteiger partial charge in [-0.15, -0.1) is 0 Å². The number of carbonyl (C=O) groups is 1. The molecule has 1 atom stereocenters. The molecule has 3 heterocycles. The van der Waals surface area contributed by atoms with Crippen LogP contribution in [0.2, 0.25) is 0 Å². The van der Waals surface area contributed by atoms with Gasteiger partial charge in [-0.25, -0.2) is 9.78 Å². The fourth-order valence-corrected chi connectivity index (χ4v) is 2.67. The molecule has 116 valence electrons. The molecule has 0 spiro atoms. The lowest BCUT2D eigenvalue weighted by Gasteiger charge is -2.38. The highest BCUT2D eigenvalue weighted by atomic mass is 16.2. The monoisotopic (exact) mass is 300 g/mol. The van der Waals surface area contributed by atoms with Crippen molar-refractivity contribution in [3.63, 3.8) is 0 Å². The Morgan fingerprint density at radius 3 is 2.68 bits per heavy atom. The quantitative estimate of drug-likeness (QED) is 0.909. The lowest BCUT2D eigenvalue weighted by atomic mass is 10.1. The number of hydrogen-bond acceptors (Lipinski definition) is 4. The van der Waals surface area contributed by atoms with Crippen LogP contribution in [0, 0.1) is 0 Å². The van der Waals surface area contributed by atoms with Crippen LogP contribution in [0.3, 0.4) is 0 Å². The van der Waals surface area contributed by atoms with Gasteiger partial charge < -0.3 is 14.8 Å². The van der Waals surface area contributed by atoms with E-state index in [1.54, 1.807) is 30.7 Å². The average Bonchev–Trinajstić information content (AvgIpc) is 2.94. The molecule has 22 heavy (non-hydrogen) atoms. The summed E-state index contributed by atoms with van der Waals surface area (Å²) in [4.78, 5) is 24.9. The molecule has 0 radical (unpaired) electrons. The van der Waals surface area contributed by atoms with Crippen molar-refractivity contribution in [1.29, 1.82) is 0 Å². The fraction of sp³-hybridized carbons (Fsp3) is 0.400. The van der Waals surface area contributed by atoms with Crippen molar-refractivity contribution in [1.82, 2.24) is 24.3 Å². The number of rotatable bonds is 2. The van der Waals surface area contributed by atoms with Crippen LogP contribution in [0.5, 0.6) is 0 Å². The number of nitrogens with zero attached hydrogens (tertiary/aromatic N) is 5. The summed E-state index contributed by atoms with van der Waals surface area (Å²) in [5.74, 6) is 0.976. The van der Waals surface area contributed by atoms with Gasteiger partial charge in [-0.3, -0.25) is 9.88 Å². The molecule has 1 fully saturated rings. The smallest absolute Gasteiger partial charge is 0.321 e. The lowest BCUT2D eigenvalue weighted by Crippen LogP contribution is -2.50. The molecule has 7 heteroatoms. The van der Waals surface area contributed by atoms with E-state index in [1.165, 1.54) is 0 Å². The van der Waals surface area contributed by atoms with Crippen LogP contribution < -0.4 is 5.32 Å². The van der Waals surface area contributed by atoms with Crippen molar-refractivity contribution < 1.29 is 4.79 Å². The molecule has 1 N–H and O–H groups in total. The number of imidazole rings is 1. The molecule has 1 saturated heterocycles. The number of carbonyl (C=O) groups excluding carboxylic acids is 1. The third-order valence-corrected chi connectivity index (χ3v) is 4.02. The maximum absolute atomic E-state index is 12.4. The number of anilines is 1. The fourth-order valence-electron chi connectivity index (χ4n) is 2.67. The van der Waals surface area contributed by atoms with Gasteiger partial charge in [0, 0.05) is 57.2 Å². The van der Waals surface area contributed by atoms with Crippen LogP contribution in [0.25, 0.3) is 0 Å². The molecule has 1 aliphatic rings. The SMILES string of the molecule is CN1CCN(C(=O)Nc2ccncc2)C[C@@H]1c1nccn1C. The molecule has 7 nitrogen and oxygen atoms in total. The van der Waals surface area contributed by atoms with Gasteiger partial charge in [0.05, 0.1) is 6.04 Å². The molecular weight excluding hydrogens is 280 g/mol. The maximum Gasteiger partial charge on any atom is 0.321 e. The van der Waals surface area contributed by atoms with E-state index < -0.39 is 0 Å². The molecule has 0 aromatic carbocycles. The summed E-state index contributed by atoms with van der Waals surface area (Å²) in [6.07, 6.45) is 7.05. The number of piperazine rings is 1. The number of amides is 2. The first kappa shape index (κ1) is 14.5. The van der Waals surface area contributed by atoms with E-state index in [1.807, 2.05) is 22.7 Å². The molecule has 0 aliphatic carbocycles. The van der Waals surface area contributed by atoms with E-state index in [0.717, 1.165) is 18.1 Å². The van der Waals surface area contributed by atoms with Crippen molar-refractivity contribution in [2.45, 2.75) is 6.04 Å². The number of aromatic nitrogens is 3. The molecule has 2 amide bonds. The molecule has 0 bridgehead atoms. The van der Waals surface area contributed by atoms with Gasteiger partial charge in [0.25, 0.3) is 0 Å². The minimum Gasteiger partial charge on any atom is -0.337 e. The summed E-state index contributed by atoms with van der Waals surface area (Å²) >= 11 is 0. The van der Waals surface area contributed by atoms with Crippen LogP contribution in [-0.4, -0.2) is 57.0 Å². The molecule has 0 saturated carbocycles. The second kappa shape index (κ2) is 6.15. The van der Waals surface area contributed by atoms with E-state index in [2.05, 4.69) is 27.2 Å². The van der Waals surface area contributed by atoms with Crippen LogP contribution in [0.4, 0.5) is 10.5 Å². The Kier molecular flexibility index (Phi) is 4.06. The first-order chi connectivity index (χ1) is 10.6. The van der Waals surface area contributed by atoms with Crippen molar-refractivity contribution in [2.24, 2.45) is 7.05 Å². The summed E-state index contributed by atoms with van der Waals surface area (Å²) in [6, 6.07) is 3.59. The van der Waals surface area contributed by atoms with Crippen molar-refractivity contribution in [3.8, 4) is 0 Å². The number of likely N-dealkylation sites (N-methyl/N-ethyl adjacent to an activating group) is 1. The van der Waals surface area contributed by atoms with Crippen LogP contribution in [0.15, 0.2) is 36.9 Å². The van der Waals surface area contributed by atoms with Crippen molar-refractivity contribution in [3.05, 3.63) is 42.7 Å². The van der Waals surface area contributed by atoms with Crippen molar-refractivity contribution in [2.75, 3.05) is 32.0 Å². The zero-order chi connectivity index (χ0) is 15.5. The summed E-state index contributed by atoms with van der Waals surface area (Å²) in [5.41, 5.74) is 0.757. The second-order valence-corrected chi connectivity index (χ2v) is 5.50. The Morgan fingerprint density at radius 2 is 2.00 bits per heavy atom. The Balaban J connectivity index is 1.70. The molecule has 2 aromatic rings. The van der Waals surface area contributed by atoms with Gasteiger partial charge in [0.1, 0.15) is 5.82 Å². The van der Waals surface area contributed by atoms with Gasteiger partial charge in [-0.1, -0.05) is 0 Å². The molecule has 3 rings (SSSR count). The predicted molar refractivity (Wildman–Crippen MR) is 83.4 cm³/mol. The standard InChI is InChI=1S/C15H20N6O/c1-19-9-10-21(11-13(19)14-17-7-8-20(14)2)15(22)18-12-3-5-16-6-4-12/h3-8,13H,9-11H2,1-2H3,(H,16,18,22)/t13-/m1/s1. The van der Waals surface area contributed by atoms with Crippen LogP contribution >= 0.6 is 0 Å². The average molecular weight is 300 g/mol. The number of aryl methyl sites for hydroxylation is 1. The molecule has 1 aliphatic heterocycles. The Morgan fingerprint density at radius 1 is 1.23 bits per heavy atom. The van der Waals surface area contributed by atoms with E-state index in [9.17, 15) is 4.79 Å². The Bertz CT molecular complexity index is 640. The predicted octanol–water partition coefficient (Wildman–Crippen LogP) is 1.34. The lowest BCUT2D eigenvalue weighted by molar-refractivity contribution is 0.110. The van der Waals surface area contributed by atoms with Gasteiger partial charge in [-0.05, 0) is 19.2 Å². The molecule has 0 unspecified atom stereocenters. The molecule has 2 aromatic heterocycles. The first-order valence-electron chi connectivity index (χ1n) is 7.28. The van der Waals surface area contributed by atoms with Gasteiger partial charge in [-0.2, -0.15) is 0 Å². The highest BCUT2D eigenvalue weighted by Crippen LogP contribution is 2.22.